The fourth-order valence-electron chi connectivity index (χ4n) is 4.03. The minimum atomic E-state index is -0.333. The lowest BCUT2D eigenvalue weighted by Crippen LogP contribution is -2.35. The van der Waals surface area contributed by atoms with Crippen molar-refractivity contribution in [2.24, 2.45) is 0 Å². The van der Waals surface area contributed by atoms with Crippen molar-refractivity contribution in [2.75, 3.05) is 40.7 Å². The molecule has 0 radical (unpaired) electrons. The third-order valence-electron chi connectivity index (χ3n) is 5.75. The molecule has 1 aromatic heterocycles. The molecular formula is C25H26FN3O4S. The molecule has 0 saturated heterocycles. The summed E-state index contributed by atoms with van der Waals surface area (Å²) in [7, 11) is 4.81. The molecule has 2 heterocycles. The molecule has 3 aromatic rings. The van der Waals surface area contributed by atoms with Gasteiger partial charge in [0.25, 0.3) is 5.91 Å². The summed E-state index contributed by atoms with van der Waals surface area (Å²) in [6, 6.07) is 9.68. The van der Waals surface area contributed by atoms with E-state index < -0.39 is 0 Å². The van der Waals surface area contributed by atoms with Gasteiger partial charge in [0.2, 0.25) is 0 Å². The van der Waals surface area contributed by atoms with Crippen molar-refractivity contribution in [2.45, 2.75) is 11.6 Å². The van der Waals surface area contributed by atoms with Crippen LogP contribution in [0.4, 0.5) is 4.39 Å². The number of aromatic nitrogens is 2. The van der Waals surface area contributed by atoms with Gasteiger partial charge < -0.3 is 19.1 Å². The van der Waals surface area contributed by atoms with Crippen molar-refractivity contribution in [3.63, 3.8) is 0 Å². The Morgan fingerprint density at radius 2 is 1.74 bits per heavy atom. The number of halogens is 1. The van der Waals surface area contributed by atoms with E-state index in [1.807, 2.05) is 24.5 Å². The molecule has 1 aliphatic heterocycles. The zero-order chi connectivity index (χ0) is 24.2. The van der Waals surface area contributed by atoms with Gasteiger partial charge in [-0.25, -0.2) is 9.37 Å². The average molecular weight is 484 g/mol. The van der Waals surface area contributed by atoms with Crippen LogP contribution in [0.15, 0.2) is 53.8 Å². The molecular weight excluding hydrogens is 457 g/mol. The molecule has 1 aliphatic rings. The molecule has 0 saturated carbocycles. The van der Waals surface area contributed by atoms with Gasteiger partial charge in [-0.3, -0.25) is 9.36 Å². The highest BCUT2D eigenvalue weighted by atomic mass is 32.2. The number of carbonyl (C=O) groups is 1. The summed E-state index contributed by atoms with van der Waals surface area (Å²) in [6.07, 6.45) is 6.11. The van der Waals surface area contributed by atoms with Gasteiger partial charge in [0.1, 0.15) is 28.8 Å². The third-order valence-corrected chi connectivity index (χ3v) is 6.40. The Balaban J connectivity index is 1.63. The number of thioether (sulfide) groups is 1. The molecule has 1 amide bonds. The van der Waals surface area contributed by atoms with E-state index in [9.17, 15) is 9.18 Å². The number of imidazole rings is 1. The SMILES string of the molecule is COc1cc(OC)c(C2=CCN(C(=O)c3cnc(SC)n3-c3ccc(F)cc3)CC2)c(OC)c1. The fraction of sp³-hybridized carbons (Fsp3) is 0.280. The Hall–Kier alpha value is -3.46. The van der Waals surface area contributed by atoms with E-state index in [0.29, 0.717) is 53.3 Å². The second-order valence-corrected chi connectivity index (χ2v) is 8.35. The van der Waals surface area contributed by atoms with E-state index in [2.05, 4.69) is 4.98 Å². The van der Waals surface area contributed by atoms with Crippen LogP contribution < -0.4 is 14.2 Å². The number of carbonyl (C=O) groups excluding carboxylic acids is 1. The van der Waals surface area contributed by atoms with E-state index in [1.54, 1.807) is 49.1 Å². The van der Waals surface area contributed by atoms with Gasteiger partial charge in [0.15, 0.2) is 5.16 Å². The molecule has 34 heavy (non-hydrogen) atoms. The van der Waals surface area contributed by atoms with E-state index in [-0.39, 0.29) is 11.7 Å². The number of benzene rings is 2. The Morgan fingerprint density at radius 3 is 2.26 bits per heavy atom. The van der Waals surface area contributed by atoms with Crippen LogP contribution in [-0.4, -0.2) is 61.0 Å². The predicted molar refractivity (Wildman–Crippen MR) is 130 cm³/mol. The molecule has 178 valence electrons. The van der Waals surface area contributed by atoms with Crippen molar-refractivity contribution in [3.8, 4) is 22.9 Å². The number of methoxy groups -OCH3 is 3. The van der Waals surface area contributed by atoms with Crippen LogP contribution in [0.2, 0.25) is 0 Å². The van der Waals surface area contributed by atoms with Crippen LogP contribution in [0.1, 0.15) is 22.5 Å². The average Bonchev–Trinajstić information content (AvgIpc) is 3.32. The van der Waals surface area contributed by atoms with Crippen LogP contribution >= 0.6 is 11.8 Å². The van der Waals surface area contributed by atoms with Crippen molar-refractivity contribution < 1.29 is 23.4 Å². The van der Waals surface area contributed by atoms with Gasteiger partial charge in [-0.2, -0.15) is 0 Å². The van der Waals surface area contributed by atoms with Crippen molar-refractivity contribution in [3.05, 3.63) is 65.7 Å². The Bertz CT molecular complexity index is 1200. The van der Waals surface area contributed by atoms with Gasteiger partial charge >= 0.3 is 0 Å². The maximum atomic E-state index is 13.5. The second-order valence-electron chi connectivity index (χ2n) is 7.58. The van der Waals surface area contributed by atoms with Crippen molar-refractivity contribution >= 4 is 23.2 Å². The largest absolute Gasteiger partial charge is 0.496 e. The lowest BCUT2D eigenvalue weighted by molar-refractivity contribution is 0.0764. The lowest BCUT2D eigenvalue weighted by Gasteiger charge is -2.28. The van der Waals surface area contributed by atoms with Crippen LogP contribution in [0.3, 0.4) is 0 Å². The Kier molecular flexibility index (Phi) is 7.12. The third kappa shape index (κ3) is 4.48. The first kappa shape index (κ1) is 23.7. The van der Waals surface area contributed by atoms with Crippen LogP contribution in [0.25, 0.3) is 11.3 Å². The number of hydrogen-bond donors (Lipinski definition) is 0. The molecule has 0 fully saturated rings. The van der Waals surface area contributed by atoms with Crippen LogP contribution in [0.5, 0.6) is 17.2 Å². The summed E-state index contributed by atoms with van der Waals surface area (Å²) < 4.78 is 31.7. The van der Waals surface area contributed by atoms with E-state index in [4.69, 9.17) is 14.2 Å². The van der Waals surface area contributed by atoms with Gasteiger partial charge in [0, 0.05) is 30.9 Å². The number of rotatable bonds is 7. The first-order chi connectivity index (χ1) is 16.5. The highest BCUT2D eigenvalue weighted by Gasteiger charge is 2.26. The predicted octanol–water partition coefficient (Wildman–Crippen LogP) is 4.69. The summed E-state index contributed by atoms with van der Waals surface area (Å²) in [4.78, 5) is 19.6. The quantitative estimate of drug-likeness (QED) is 0.455. The first-order valence-corrected chi connectivity index (χ1v) is 11.9. The van der Waals surface area contributed by atoms with Crippen molar-refractivity contribution in [1.82, 2.24) is 14.5 Å². The van der Waals surface area contributed by atoms with Gasteiger partial charge in [-0.15, -0.1) is 0 Å². The number of nitrogens with zero attached hydrogens (tertiary/aromatic N) is 3. The van der Waals surface area contributed by atoms with Gasteiger partial charge in [-0.05, 0) is 42.5 Å². The van der Waals surface area contributed by atoms with Gasteiger partial charge in [0.05, 0.1) is 33.1 Å². The molecule has 9 heteroatoms. The highest BCUT2D eigenvalue weighted by molar-refractivity contribution is 7.98. The maximum Gasteiger partial charge on any atom is 0.272 e. The molecule has 2 aromatic carbocycles. The highest BCUT2D eigenvalue weighted by Crippen LogP contribution is 2.41. The topological polar surface area (TPSA) is 65.8 Å². The molecule has 4 rings (SSSR count). The monoisotopic (exact) mass is 483 g/mol. The van der Waals surface area contributed by atoms with Crippen molar-refractivity contribution in [1.29, 1.82) is 0 Å². The second kappa shape index (κ2) is 10.2. The zero-order valence-corrected chi connectivity index (χ0v) is 20.3. The molecule has 0 aliphatic carbocycles. The maximum absolute atomic E-state index is 13.5. The van der Waals surface area contributed by atoms with E-state index in [1.165, 1.54) is 23.9 Å². The summed E-state index contributed by atoms with van der Waals surface area (Å²) in [5.74, 6) is 1.48. The smallest absolute Gasteiger partial charge is 0.272 e. The Morgan fingerprint density at radius 1 is 1.06 bits per heavy atom. The summed E-state index contributed by atoms with van der Waals surface area (Å²) in [5.41, 5.74) is 3.02. The van der Waals surface area contributed by atoms with E-state index in [0.717, 1.165) is 11.1 Å². The minimum Gasteiger partial charge on any atom is -0.496 e. The molecule has 0 N–H and O–H groups in total. The number of ether oxygens (including phenoxy) is 3. The van der Waals surface area contributed by atoms with Crippen LogP contribution in [-0.2, 0) is 0 Å². The molecule has 0 atom stereocenters. The molecule has 0 unspecified atom stereocenters. The number of amides is 1. The number of hydrogen-bond acceptors (Lipinski definition) is 6. The lowest BCUT2D eigenvalue weighted by atomic mass is 9.97. The Labute approximate surface area is 202 Å². The van der Waals surface area contributed by atoms with E-state index >= 15 is 0 Å². The molecule has 7 nitrogen and oxygen atoms in total. The first-order valence-electron chi connectivity index (χ1n) is 10.7. The minimum absolute atomic E-state index is 0.138. The summed E-state index contributed by atoms with van der Waals surface area (Å²) in [5, 5.41) is 0.663. The zero-order valence-electron chi connectivity index (χ0n) is 19.5. The standard InChI is InChI=1S/C25H26FN3O4S/c1-31-19-13-21(32-2)23(22(14-19)33-3)16-9-11-28(12-10-16)24(30)20-15-27-25(34-4)29(20)18-7-5-17(26)6-8-18/h5-9,13-15H,10-12H2,1-4H3. The normalized spacial score (nSPS) is 13.4. The summed E-state index contributed by atoms with van der Waals surface area (Å²) in [6.45, 7) is 0.946. The van der Waals surface area contributed by atoms with Gasteiger partial charge in [-0.1, -0.05) is 17.8 Å². The van der Waals surface area contributed by atoms with Crippen LogP contribution in [0, 0.1) is 5.82 Å². The molecule has 0 bridgehead atoms. The fourth-order valence-corrected chi connectivity index (χ4v) is 4.58. The summed E-state index contributed by atoms with van der Waals surface area (Å²) >= 11 is 1.43. The molecule has 0 spiro atoms.